The number of halogens is 1. The van der Waals surface area contributed by atoms with Gasteiger partial charge in [0, 0.05) is 13.1 Å². The predicted octanol–water partition coefficient (Wildman–Crippen LogP) is 3.27. The number of carbonyl (C=O) groups excluding carboxylic acids is 2. The van der Waals surface area contributed by atoms with E-state index < -0.39 is 34.3 Å². The summed E-state index contributed by atoms with van der Waals surface area (Å²) in [6.07, 6.45) is 1.04. The average molecular weight is 478 g/mol. The highest BCUT2D eigenvalue weighted by Gasteiger charge is 2.29. The second kappa shape index (κ2) is 11.3. The molecule has 0 aliphatic carbocycles. The van der Waals surface area contributed by atoms with Crippen molar-refractivity contribution in [2.75, 3.05) is 23.7 Å². The number of sulfonamides is 1. The standard InChI is InChI=1S/C24H32FN3O4S/c1-6-26-24(30)18(4)27(15-19-7-11-21(25)12-8-19)23(29)16-28(33(5,31)32)22-13-9-20(10-14-22)17(2)3/h7-14,17-18H,6,15-16H2,1-5H3,(H,26,30). The van der Waals surface area contributed by atoms with Crippen LogP contribution in [0.3, 0.4) is 0 Å². The maximum absolute atomic E-state index is 13.3. The van der Waals surface area contributed by atoms with Crippen LogP contribution in [0.5, 0.6) is 0 Å². The Hall–Kier alpha value is -2.94. The number of amides is 2. The molecule has 0 saturated heterocycles. The molecule has 33 heavy (non-hydrogen) atoms. The van der Waals surface area contributed by atoms with Gasteiger partial charge in [0.15, 0.2) is 0 Å². The molecule has 0 heterocycles. The Morgan fingerprint density at radius 3 is 2.06 bits per heavy atom. The summed E-state index contributed by atoms with van der Waals surface area (Å²) in [6.45, 7) is 7.36. The van der Waals surface area contributed by atoms with Crippen molar-refractivity contribution in [3.05, 3.63) is 65.5 Å². The Labute approximate surface area is 195 Å². The summed E-state index contributed by atoms with van der Waals surface area (Å²) in [4.78, 5) is 27.1. The van der Waals surface area contributed by atoms with Gasteiger partial charge in [-0.25, -0.2) is 12.8 Å². The zero-order chi connectivity index (χ0) is 24.8. The monoisotopic (exact) mass is 477 g/mol. The van der Waals surface area contributed by atoms with Gasteiger partial charge in [-0.3, -0.25) is 13.9 Å². The third-order valence-electron chi connectivity index (χ3n) is 5.31. The third-order valence-corrected chi connectivity index (χ3v) is 6.45. The fraction of sp³-hybridized carbons (Fsp3) is 0.417. The number of likely N-dealkylation sites (N-methyl/N-ethyl adjacent to an activating group) is 1. The second-order valence-electron chi connectivity index (χ2n) is 8.23. The van der Waals surface area contributed by atoms with Crippen LogP contribution in [0.2, 0.25) is 0 Å². The number of carbonyl (C=O) groups is 2. The zero-order valence-electron chi connectivity index (χ0n) is 19.7. The van der Waals surface area contributed by atoms with E-state index in [0.29, 0.717) is 17.8 Å². The minimum atomic E-state index is -3.78. The fourth-order valence-electron chi connectivity index (χ4n) is 3.33. The average Bonchev–Trinajstić information content (AvgIpc) is 2.76. The molecule has 2 rings (SSSR count). The van der Waals surface area contributed by atoms with Crippen LogP contribution in [0.15, 0.2) is 48.5 Å². The number of rotatable bonds is 10. The SMILES string of the molecule is CCNC(=O)C(C)N(Cc1ccc(F)cc1)C(=O)CN(c1ccc(C(C)C)cc1)S(C)(=O)=O. The highest BCUT2D eigenvalue weighted by molar-refractivity contribution is 7.92. The Bertz CT molecular complexity index is 1050. The molecular formula is C24H32FN3O4S. The zero-order valence-corrected chi connectivity index (χ0v) is 20.5. The van der Waals surface area contributed by atoms with Gasteiger partial charge in [-0.05, 0) is 55.2 Å². The number of anilines is 1. The Morgan fingerprint density at radius 1 is 1.00 bits per heavy atom. The number of hydrogen-bond acceptors (Lipinski definition) is 4. The van der Waals surface area contributed by atoms with Gasteiger partial charge in [-0.1, -0.05) is 38.1 Å². The van der Waals surface area contributed by atoms with E-state index in [-0.39, 0.29) is 18.4 Å². The van der Waals surface area contributed by atoms with Crippen LogP contribution in [0.1, 0.15) is 44.7 Å². The first-order valence-electron chi connectivity index (χ1n) is 10.8. The van der Waals surface area contributed by atoms with Crippen molar-refractivity contribution in [3.63, 3.8) is 0 Å². The van der Waals surface area contributed by atoms with Crippen molar-refractivity contribution in [3.8, 4) is 0 Å². The van der Waals surface area contributed by atoms with E-state index in [0.717, 1.165) is 16.1 Å². The first-order chi connectivity index (χ1) is 15.4. The van der Waals surface area contributed by atoms with Gasteiger partial charge in [-0.15, -0.1) is 0 Å². The van der Waals surface area contributed by atoms with Gasteiger partial charge >= 0.3 is 0 Å². The molecule has 1 atom stereocenters. The summed E-state index contributed by atoms with van der Waals surface area (Å²) in [5.74, 6) is -1.05. The van der Waals surface area contributed by atoms with E-state index in [1.54, 1.807) is 26.0 Å². The summed E-state index contributed by atoms with van der Waals surface area (Å²) < 4.78 is 39.4. The van der Waals surface area contributed by atoms with Crippen LogP contribution < -0.4 is 9.62 Å². The molecule has 0 aliphatic heterocycles. The lowest BCUT2D eigenvalue weighted by atomic mass is 10.0. The summed E-state index contributed by atoms with van der Waals surface area (Å²) in [5, 5.41) is 2.68. The van der Waals surface area contributed by atoms with Gasteiger partial charge in [0.1, 0.15) is 18.4 Å². The molecule has 7 nitrogen and oxygen atoms in total. The highest BCUT2D eigenvalue weighted by Crippen LogP contribution is 2.22. The number of nitrogens with zero attached hydrogens (tertiary/aromatic N) is 2. The van der Waals surface area contributed by atoms with Crippen molar-refractivity contribution in [2.24, 2.45) is 0 Å². The number of nitrogens with one attached hydrogen (secondary N) is 1. The summed E-state index contributed by atoms with van der Waals surface area (Å²) >= 11 is 0. The van der Waals surface area contributed by atoms with Crippen LogP contribution in [0, 0.1) is 5.82 Å². The minimum absolute atomic E-state index is 0.0291. The summed E-state index contributed by atoms with van der Waals surface area (Å²) in [5.41, 5.74) is 2.03. The van der Waals surface area contributed by atoms with Crippen molar-refractivity contribution < 1.29 is 22.4 Å². The van der Waals surface area contributed by atoms with E-state index in [9.17, 15) is 22.4 Å². The molecule has 2 aromatic carbocycles. The Morgan fingerprint density at radius 2 is 1.58 bits per heavy atom. The molecule has 0 spiro atoms. The Kier molecular flexibility index (Phi) is 8.99. The smallest absolute Gasteiger partial charge is 0.244 e. The van der Waals surface area contributed by atoms with E-state index in [2.05, 4.69) is 5.32 Å². The van der Waals surface area contributed by atoms with Crippen molar-refractivity contribution in [1.29, 1.82) is 0 Å². The van der Waals surface area contributed by atoms with Crippen molar-refractivity contribution in [2.45, 2.75) is 46.2 Å². The fourth-order valence-corrected chi connectivity index (χ4v) is 4.18. The minimum Gasteiger partial charge on any atom is -0.355 e. The molecule has 2 amide bonds. The molecule has 1 N–H and O–H groups in total. The van der Waals surface area contributed by atoms with Gasteiger partial charge in [0.05, 0.1) is 11.9 Å². The lowest BCUT2D eigenvalue weighted by molar-refractivity contribution is -0.139. The van der Waals surface area contributed by atoms with Crippen LogP contribution >= 0.6 is 0 Å². The molecule has 2 aromatic rings. The molecule has 0 fully saturated rings. The van der Waals surface area contributed by atoms with E-state index >= 15 is 0 Å². The van der Waals surface area contributed by atoms with E-state index in [1.165, 1.54) is 29.2 Å². The van der Waals surface area contributed by atoms with Crippen molar-refractivity contribution in [1.82, 2.24) is 10.2 Å². The lowest BCUT2D eigenvalue weighted by Gasteiger charge is -2.31. The van der Waals surface area contributed by atoms with Gasteiger partial charge in [-0.2, -0.15) is 0 Å². The largest absolute Gasteiger partial charge is 0.355 e. The van der Waals surface area contributed by atoms with Gasteiger partial charge in [0.25, 0.3) is 0 Å². The van der Waals surface area contributed by atoms with Crippen LogP contribution in [0.4, 0.5) is 10.1 Å². The molecular weight excluding hydrogens is 445 g/mol. The molecule has 0 aromatic heterocycles. The molecule has 9 heteroatoms. The van der Waals surface area contributed by atoms with Gasteiger partial charge in [0.2, 0.25) is 21.8 Å². The van der Waals surface area contributed by atoms with Crippen LogP contribution in [0.25, 0.3) is 0 Å². The topological polar surface area (TPSA) is 86.8 Å². The molecule has 0 radical (unpaired) electrons. The van der Waals surface area contributed by atoms with Gasteiger partial charge < -0.3 is 10.2 Å². The molecule has 0 bridgehead atoms. The summed E-state index contributed by atoms with van der Waals surface area (Å²) in [6, 6.07) is 11.7. The van der Waals surface area contributed by atoms with E-state index in [1.807, 2.05) is 26.0 Å². The van der Waals surface area contributed by atoms with Crippen molar-refractivity contribution >= 4 is 27.5 Å². The molecule has 180 valence electrons. The maximum atomic E-state index is 13.3. The lowest BCUT2D eigenvalue weighted by Crippen LogP contribution is -2.51. The first-order valence-corrected chi connectivity index (χ1v) is 12.7. The normalized spacial score (nSPS) is 12.3. The highest BCUT2D eigenvalue weighted by atomic mass is 32.2. The molecule has 0 aliphatic rings. The predicted molar refractivity (Wildman–Crippen MR) is 128 cm³/mol. The molecule has 1 unspecified atom stereocenters. The first kappa shape index (κ1) is 26.3. The van der Waals surface area contributed by atoms with Crippen LogP contribution in [-0.4, -0.2) is 50.5 Å². The number of hydrogen-bond donors (Lipinski definition) is 1. The third kappa shape index (κ3) is 7.28. The quantitative estimate of drug-likeness (QED) is 0.569. The maximum Gasteiger partial charge on any atom is 0.244 e. The second-order valence-corrected chi connectivity index (χ2v) is 10.1. The van der Waals surface area contributed by atoms with E-state index in [4.69, 9.17) is 0 Å². The number of benzene rings is 2. The Balaban J connectivity index is 2.36. The molecule has 0 saturated carbocycles. The van der Waals surface area contributed by atoms with Crippen LogP contribution in [-0.2, 0) is 26.2 Å². The summed E-state index contributed by atoms with van der Waals surface area (Å²) in [7, 11) is -3.78.